The molecule has 0 bridgehead atoms. The molecule has 0 saturated heterocycles. The Balaban J connectivity index is 1.65. The van der Waals surface area contributed by atoms with E-state index in [0.29, 0.717) is 18.9 Å². The van der Waals surface area contributed by atoms with Gasteiger partial charge in [0.1, 0.15) is 11.5 Å². The van der Waals surface area contributed by atoms with Crippen LogP contribution in [0.15, 0.2) is 53.5 Å². The van der Waals surface area contributed by atoms with Gasteiger partial charge in [0.15, 0.2) is 0 Å². The number of allylic oxidation sites excluding steroid dienone is 5. The van der Waals surface area contributed by atoms with Crippen LogP contribution in [0.25, 0.3) is 5.57 Å². The smallest absolute Gasteiger partial charge is 0.306 e. The van der Waals surface area contributed by atoms with Gasteiger partial charge in [-0.15, -0.1) is 0 Å². The number of aryl methyl sites for hydroxylation is 2. The molecule has 0 spiro atoms. The van der Waals surface area contributed by atoms with E-state index in [9.17, 15) is 9.90 Å². The molecule has 1 aromatic heterocycles. The highest BCUT2D eigenvalue weighted by molar-refractivity contribution is 5.71. The Kier molecular flexibility index (Phi) is 7.50. The van der Waals surface area contributed by atoms with Gasteiger partial charge in [0.2, 0.25) is 5.89 Å². The van der Waals surface area contributed by atoms with Crippen LogP contribution >= 0.6 is 0 Å². The zero-order chi connectivity index (χ0) is 22.4. The molecular formula is C26H31NO4. The van der Waals surface area contributed by atoms with Gasteiger partial charge in [0.25, 0.3) is 0 Å². The van der Waals surface area contributed by atoms with E-state index in [-0.39, 0.29) is 11.8 Å². The molecule has 0 saturated carbocycles. The van der Waals surface area contributed by atoms with Crippen molar-refractivity contribution in [1.29, 1.82) is 0 Å². The molecule has 1 aromatic carbocycles. The summed E-state index contributed by atoms with van der Waals surface area (Å²) in [7, 11) is 0. The number of oxazole rings is 1. The van der Waals surface area contributed by atoms with Crippen LogP contribution in [-0.2, 0) is 17.6 Å². The average molecular weight is 422 g/mol. The second-order valence-corrected chi connectivity index (χ2v) is 7.96. The van der Waals surface area contributed by atoms with Crippen molar-refractivity contribution in [3.05, 3.63) is 77.6 Å². The van der Waals surface area contributed by atoms with Crippen molar-refractivity contribution in [2.24, 2.45) is 5.92 Å². The Morgan fingerprint density at radius 1 is 1.45 bits per heavy atom. The number of carbonyl (C=O) groups is 1. The monoisotopic (exact) mass is 421 g/mol. The Hall–Kier alpha value is -3.08. The lowest BCUT2D eigenvalue weighted by atomic mass is 9.76. The van der Waals surface area contributed by atoms with Crippen molar-refractivity contribution in [3.8, 4) is 5.75 Å². The number of aromatic nitrogens is 1. The van der Waals surface area contributed by atoms with Crippen LogP contribution in [0.1, 0.15) is 61.1 Å². The van der Waals surface area contributed by atoms with E-state index >= 15 is 0 Å². The number of rotatable bonds is 9. The number of carboxylic acid groups (broad SMARTS) is 1. The number of carboxylic acids is 1. The fourth-order valence-electron chi connectivity index (χ4n) is 4.09. The normalized spacial score (nSPS) is 17.4. The van der Waals surface area contributed by atoms with E-state index in [4.69, 9.17) is 9.15 Å². The predicted octanol–water partition coefficient (Wildman–Crippen LogP) is 5.89. The van der Waals surface area contributed by atoms with Gasteiger partial charge in [-0.05, 0) is 68.4 Å². The predicted molar refractivity (Wildman–Crippen MR) is 122 cm³/mol. The van der Waals surface area contributed by atoms with Crippen LogP contribution in [-0.4, -0.2) is 22.7 Å². The molecule has 5 heteroatoms. The summed E-state index contributed by atoms with van der Waals surface area (Å²) in [6.45, 7) is 9.98. The second kappa shape index (κ2) is 10.3. The summed E-state index contributed by atoms with van der Waals surface area (Å²) in [5.41, 5.74) is 4.06. The Morgan fingerprint density at radius 2 is 2.26 bits per heavy atom. The fraction of sp³-hybridized carbons (Fsp3) is 0.385. The molecule has 0 fully saturated rings. The number of nitrogens with zero attached hydrogens (tertiary/aromatic N) is 1. The summed E-state index contributed by atoms with van der Waals surface area (Å²) >= 11 is 0. The van der Waals surface area contributed by atoms with E-state index in [0.717, 1.165) is 47.6 Å². The lowest BCUT2D eigenvalue weighted by Gasteiger charge is -2.28. The molecule has 2 aromatic rings. The number of hydrogen-bond acceptors (Lipinski definition) is 4. The Bertz CT molecular complexity index is 999. The highest BCUT2D eigenvalue weighted by atomic mass is 16.5. The largest absolute Gasteiger partial charge is 0.493 e. The van der Waals surface area contributed by atoms with E-state index in [2.05, 4.69) is 17.6 Å². The van der Waals surface area contributed by atoms with Crippen molar-refractivity contribution in [3.63, 3.8) is 0 Å². The first-order valence-electron chi connectivity index (χ1n) is 10.8. The van der Waals surface area contributed by atoms with E-state index in [1.807, 2.05) is 44.2 Å². The second-order valence-electron chi connectivity index (χ2n) is 7.96. The van der Waals surface area contributed by atoms with E-state index < -0.39 is 5.97 Å². The summed E-state index contributed by atoms with van der Waals surface area (Å²) < 4.78 is 11.8. The standard InChI is InChI=1S/C26H31NO4/c1-5-7-9-19(6-2)25-27-24(18(4)31-25)14-15-30-21-12-13-23-20(16-21)10-8-11-22(23)17(3)26(28)29/h5-7,9,12-13,16-17,22H,2,8,10-11,14-15H2,1,3-4H3,(H,28,29)/b7-5-,19-9+/t17?,22-/m1/s1. The van der Waals surface area contributed by atoms with Crippen molar-refractivity contribution in [1.82, 2.24) is 4.98 Å². The zero-order valence-electron chi connectivity index (χ0n) is 18.6. The summed E-state index contributed by atoms with van der Waals surface area (Å²) in [4.78, 5) is 16.0. The third-order valence-corrected chi connectivity index (χ3v) is 5.90. The van der Waals surface area contributed by atoms with Crippen LogP contribution in [0, 0.1) is 12.8 Å². The van der Waals surface area contributed by atoms with Crippen molar-refractivity contribution < 1.29 is 19.1 Å². The SMILES string of the molecule is C=C/C(=C\C=C/C)c1nc(CCOc2ccc3c(c2)CCC[C@@H]3C(C)C(=O)O)c(C)o1. The first kappa shape index (κ1) is 22.6. The minimum Gasteiger partial charge on any atom is -0.493 e. The number of aliphatic carboxylic acids is 1. The highest BCUT2D eigenvalue weighted by Gasteiger charge is 2.29. The van der Waals surface area contributed by atoms with Gasteiger partial charge in [0.05, 0.1) is 18.2 Å². The van der Waals surface area contributed by atoms with Gasteiger partial charge in [0, 0.05) is 12.0 Å². The van der Waals surface area contributed by atoms with Crippen molar-refractivity contribution in [2.75, 3.05) is 6.61 Å². The maximum atomic E-state index is 11.4. The first-order chi connectivity index (χ1) is 14.9. The van der Waals surface area contributed by atoms with E-state index in [1.54, 1.807) is 13.0 Å². The number of benzene rings is 1. The quantitative estimate of drug-likeness (QED) is 0.511. The van der Waals surface area contributed by atoms with Gasteiger partial charge in [-0.3, -0.25) is 4.79 Å². The average Bonchev–Trinajstić information content (AvgIpc) is 3.13. The third kappa shape index (κ3) is 5.35. The summed E-state index contributed by atoms with van der Waals surface area (Å²) in [6.07, 6.45) is 11.1. The van der Waals surface area contributed by atoms with Gasteiger partial charge < -0.3 is 14.3 Å². The summed E-state index contributed by atoms with van der Waals surface area (Å²) in [5, 5.41) is 9.41. The molecule has 2 atom stereocenters. The molecule has 1 unspecified atom stereocenters. The molecule has 1 N–H and O–H groups in total. The first-order valence-corrected chi connectivity index (χ1v) is 10.8. The van der Waals surface area contributed by atoms with Crippen LogP contribution in [0.5, 0.6) is 5.75 Å². The minimum atomic E-state index is -0.735. The molecular weight excluding hydrogens is 390 g/mol. The molecule has 1 heterocycles. The molecule has 3 rings (SSSR count). The number of ether oxygens (including phenoxy) is 1. The Morgan fingerprint density at radius 3 is 2.97 bits per heavy atom. The molecule has 164 valence electrons. The maximum absolute atomic E-state index is 11.4. The van der Waals surface area contributed by atoms with Crippen LogP contribution in [0.4, 0.5) is 0 Å². The molecule has 1 aliphatic carbocycles. The molecule has 5 nitrogen and oxygen atoms in total. The maximum Gasteiger partial charge on any atom is 0.306 e. The summed E-state index contributed by atoms with van der Waals surface area (Å²) in [6, 6.07) is 6.05. The highest BCUT2D eigenvalue weighted by Crippen LogP contribution is 2.38. The van der Waals surface area contributed by atoms with Crippen LogP contribution in [0.2, 0.25) is 0 Å². The van der Waals surface area contributed by atoms with Crippen molar-refractivity contribution >= 4 is 11.5 Å². The minimum absolute atomic E-state index is 0.0705. The molecule has 1 aliphatic rings. The fourth-order valence-corrected chi connectivity index (χ4v) is 4.09. The van der Waals surface area contributed by atoms with Gasteiger partial charge in [-0.25, -0.2) is 4.98 Å². The number of hydrogen-bond donors (Lipinski definition) is 1. The van der Waals surface area contributed by atoms with Gasteiger partial charge in [-0.1, -0.05) is 37.8 Å². The van der Waals surface area contributed by atoms with Crippen molar-refractivity contribution in [2.45, 2.75) is 52.4 Å². The lowest BCUT2D eigenvalue weighted by molar-refractivity contribution is -0.142. The van der Waals surface area contributed by atoms with E-state index in [1.165, 1.54) is 5.56 Å². The van der Waals surface area contributed by atoms with Crippen LogP contribution < -0.4 is 4.74 Å². The summed E-state index contributed by atoms with van der Waals surface area (Å²) in [5.74, 6) is 1.11. The Labute approximate surface area is 184 Å². The molecule has 31 heavy (non-hydrogen) atoms. The third-order valence-electron chi connectivity index (χ3n) is 5.90. The topological polar surface area (TPSA) is 72.6 Å². The molecule has 0 aliphatic heterocycles. The lowest BCUT2D eigenvalue weighted by Crippen LogP contribution is -2.22. The zero-order valence-corrected chi connectivity index (χ0v) is 18.6. The van der Waals surface area contributed by atoms with Gasteiger partial charge in [-0.2, -0.15) is 0 Å². The molecule has 0 radical (unpaired) electrons. The molecule has 0 amide bonds. The van der Waals surface area contributed by atoms with Gasteiger partial charge >= 0.3 is 5.97 Å². The van der Waals surface area contributed by atoms with Crippen LogP contribution in [0.3, 0.4) is 0 Å². The number of fused-ring (bicyclic) bond motifs is 1.